The van der Waals surface area contributed by atoms with E-state index in [0.717, 1.165) is 27.0 Å². The first-order valence-electron chi connectivity index (χ1n) is 10.5. The molecule has 1 saturated heterocycles. The zero-order valence-corrected chi connectivity index (χ0v) is 18.2. The Hall–Kier alpha value is -2.73. The molecule has 1 N–H and O–H groups in total. The molecule has 2 heterocycles. The number of nitrogens with one attached hydrogen (secondary N) is 1. The van der Waals surface area contributed by atoms with Gasteiger partial charge in [0.15, 0.2) is 0 Å². The highest BCUT2D eigenvalue weighted by atomic mass is 32.1. The maximum atomic E-state index is 13.1. The fourth-order valence-electron chi connectivity index (χ4n) is 4.01. The molecule has 0 aliphatic carbocycles. The molecule has 1 aromatic heterocycles. The fraction of sp³-hybridized carbons (Fsp3) is 0.375. The standard InChI is InChI=1S/C24H27N3O2S/c1-16(23-26-17(2)15-30-23)14-25-22(28)19-10-12-27(13-11-19)24(29)21-9-5-7-18-6-3-4-8-20(18)21/h3-9,15-16,19H,10-14H2,1-2H3,(H,25,28)/t16-/m1/s1. The molecule has 3 aromatic rings. The van der Waals surface area contributed by atoms with Crippen LogP contribution in [0.25, 0.3) is 10.8 Å². The molecule has 0 unspecified atom stereocenters. The molecule has 2 aromatic carbocycles. The number of nitrogens with zero attached hydrogens (tertiary/aromatic N) is 2. The Bertz CT molecular complexity index is 1050. The van der Waals surface area contributed by atoms with Gasteiger partial charge in [0.1, 0.15) is 0 Å². The van der Waals surface area contributed by atoms with Gasteiger partial charge in [0.25, 0.3) is 5.91 Å². The Balaban J connectivity index is 1.32. The van der Waals surface area contributed by atoms with E-state index in [1.807, 2.05) is 59.7 Å². The van der Waals surface area contributed by atoms with Crippen LogP contribution in [0.3, 0.4) is 0 Å². The van der Waals surface area contributed by atoms with E-state index in [2.05, 4.69) is 17.2 Å². The van der Waals surface area contributed by atoms with E-state index in [4.69, 9.17) is 0 Å². The van der Waals surface area contributed by atoms with Crippen LogP contribution in [0.4, 0.5) is 0 Å². The molecule has 2 amide bonds. The van der Waals surface area contributed by atoms with Crippen LogP contribution in [0.2, 0.25) is 0 Å². The summed E-state index contributed by atoms with van der Waals surface area (Å²) in [5, 5.41) is 8.23. The van der Waals surface area contributed by atoms with Crippen molar-refractivity contribution in [1.29, 1.82) is 0 Å². The summed E-state index contributed by atoms with van der Waals surface area (Å²) in [6, 6.07) is 13.8. The van der Waals surface area contributed by atoms with Crippen molar-refractivity contribution in [2.24, 2.45) is 5.92 Å². The zero-order valence-electron chi connectivity index (χ0n) is 17.4. The Morgan fingerprint density at radius 3 is 2.63 bits per heavy atom. The van der Waals surface area contributed by atoms with Gasteiger partial charge in [-0.3, -0.25) is 9.59 Å². The van der Waals surface area contributed by atoms with Gasteiger partial charge in [-0.2, -0.15) is 0 Å². The summed E-state index contributed by atoms with van der Waals surface area (Å²) in [7, 11) is 0. The first-order chi connectivity index (χ1) is 14.5. The minimum absolute atomic E-state index is 0.0354. The smallest absolute Gasteiger partial charge is 0.254 e. The lowest BCUT2D eigenvalue weighted by molar-refractivity contribution is -0.126. The minimum Gasteiger partial charge on any atom is -0.355 e. The van der Waals surface area contributed by atoms with Gasteiger partial charge >= 0.3 is 0 Å². The highest BCUT2D eigenvalue weighted by molar-refractivity contribution is 7.09. The number of hydrogen-bond donors (Lipinski definition) is 1. The average Bonchev–Trinajstić information content (AvgIpc) is 3.23. The number of aromatic nitrogens is 1. The monoisotopic (exact) mass is 421 g/mol. The predicted molar refractivity (Wildman–Crippen MR) is 121 cm³/mol. The quantitative estimate of drug-likeness (QED) is 0.665. The van der Waals surface area contributed by atoms with E-state index in [-0.39, 0.29) is 23.7 Å². The maximum Gasteiger partial charge on any atom is 0.254 e. The Labute approximate surface area is 181 Å². The van der Waals surface area contributed by atoms with Gasteiger partial charge < -0.3 is 10.2 Å². The Morgan fingerprint density at radius 2 is 1.90 bits per heavy atom. The lowest BCUT2D eigenvalue weighted by Gasteiger charge is -2.31. The molecule has 1 aliphatic heterocycles. The third-order valence-corrected chi connectivity index (χ3v) is 7.01. The van der Waals surface area contributed by atoms with E-state index < -0.39 is 0 Å². The summed E-state index contributed by atoms with van der Waals surface area (Å²) in [5.74, 6) is 0.318. The van der Waals surface area contributed by atoms with Crippen molar-refractivity contribution >= 4 is 33.9 Å². The van der Waals surface area contributed by atoms with Gasteiger partial charge in [-0.05, 0) is 36.6 Å². The third kappa shape index (κ3) is 4.38. The molecule has 6 heteroatoms. The van der Waals surface area contributed by atoms with E-state index in [0.29, 0.717) is 32.5 Å². The van der Waals surface area contributed by atoms with Crippen molar-refractivity contribution in [2.45, 2.75) is 32.6 Å². The molecule has 0 radical (unpaired) electrons. The molecule has 4 rings (SSSR count). The van der Waals surface area contributed by atoms with E-state index in [9.17, 15) is 9.59 Å². The van der Waals surface area contributed by atoms with Gasteiger partial charge in [-0.25, -0.2) is 4.98 Å². The van der Waals surface area contributed by atoms with E-state index >= 15 is 0 Å². The number of hydrogen-bond acceptors (Lipinski definition) is 4. The second-order valence-corrected chi connectivity index (χ2v) is 8.96. The summed E-state index contributed by atoms with van der Waals surface area (Å²) in [5.41, 5.74) is 1.76. The number of aryl methyl sites for hydroxylation is 1. The Kier molecular flexibility index (Phi) is 6.13. The SMILES string of the molecule is Cc1csc([C@H](C)CNC(=O)C2CCN(C(=O)c3cccc4ccccc34)CC2)n1. The summed E-state index contributed by atoms with van der Waals surface area (Å²) >= 11 is 1.64. The van der Waals surface area contributed by atoms with Crippen LogP contribution >= 0.6 is 11.3 Å². The van der Waals surface area contributed by atoms with E-state index in [1.54, 1.807) is 11.3 Å². The molecule has 30 heavy (non-hydrogen) atoms. The fourth-order valence-corrected chi connectivity index (χ4v) is 4.87. The number of benzene rings is 2. The molecule has 1 atom stereocenters. The normalized spacial score (nSPS) is 15.9. The van der Waals surface area contributed by atoms with Gasteiger partial charge in [0, 0.05) is 48.1 Å². The van der Waals surface area contributed by atoms with Gasteiger partial charge in [0.05, 0.1) is 5.01 Å². The maximum absolute atomic E-state index is 13.1. The van der Waals surface area contributed by atoms with Gasteiger partial charge in [-0.15, -0.1) is 11.3 Å². The number of carbonyl (C=O) groups is 2. The summed E-state index contributed by atoms with van der Waals surface area (Å²) in [6.45, 7) is 5.90. The third-order valence-electron chi connectivity index (χ3n) is 5.81. The lowest BCUT2D eigenvalue weighted by Crippen LogP contribution is -2.43. The molecule has 0 saturated carbocycles. The second-order valence-electron chi connectivity index (χ2n) is 8.07. The number of carbonyl (C=O) groups excluding carboxylic acids is 2. The van der Waals surface area contributed by atoms with Crippen molar-refractivity contribution in [3.8, 4) is 0 Å². The summed E-state index contributed by atoms with van der Waals surface area (Å²) in [6.07, 6.45) is 1.40. The number of amides is 2. The Morgan fingerprint density at radius 1 is 1.17 bits per heavy atom. The molecular formula is C24H27N3O2S. The van der Waals surface area contributed by atoms with Crippen LogP contribution in [0.1, 0.15) is 46.7 Å². The van der Waals surface area contributed by atoms with Crippen LogP contribution < -0.4 is 5.32 Å². The van der Waals surface area contributed by atoms with Crippen molar-refractivity contribution in [1.82, 2.24) is 15.2 Å². The molecule has 0 spiro atoms. The largest absolute Gasteiger partial charge is 0.355 e. The van der Waals surface area contributed by atoms with E-state index in [1.165, 1.54) is 0 Å². The minimum atomic E-state index is -0.0354. The molecule has 0 bridgehead atoms. The van der Waals surface area contributed by atoms with Crippen molar-refractivity contribution in [3.63, 3.8) is 0 Å². The predicted octanol–water partition coefficient (Wildman–Crippen LogP) is 4.38. The highest BCUT2D eigenvalue weighted by Crippen LogP contribution is 2.24. The number of likely N-dealkylation sites (tertiary alicyclic amines) is 1. The molecule has 1 aliphatic rings. The number of thiazole rings is 1. The van der Waals surface area contributed by atoms with Crippen LogP contribution in [0.15, 0.2) is 47.8 Å². The number of piperidine rings is 1. The van der Waals surface area contributed by atoms with Gasteiger partial charge in [0.2, 0.25) is 5.91 Å². The lowest BCUT2D eigenvalue weighted by atomic mass is 9.94. The van der Waals surface area contributed by atoms with Crippen LogP contribution in [-0.2, 0) is 4.79 Å². The zero-order chi connectivity index (χ0) is 21.1. The van der Waals surface area contributed by atoms with Crippen molar-refractivity contribution < 1.29 is 9.59 Å². The van der Waals surface area contributed by atoms with Gasteiger partial charge in [-0.1, -0.05) is 43.3 Å². The van der Waals surface area contributed by atoms with Crippen molar-refractivity contribution in [2.75, 3.05) is 19.6 Å². The average molecular weight is 422 g/mol. The van der Waals surface area contributed by atoms with Crippen LogP contribution in [0.5, 0.6) is 0 Å². The second kappa shape index (κ2) is 8.96. The molecule has 5 nitrogen and oxygen atoms in total. The first-order valence-corrected chi connectivity index (χ1v) is 11.4. The number of rotatable bonds is 5. The first kappa shape index (κ1) is 20.5. The highest BCUT2D eigenvalue weighted by Gasteiger charge is 2.28. The molecular weight excluding hydrogens is 394 g/mol. The summed E-state index contributed by atoms with van der Waals surface area (Å²) < 4.78 is 0. The van der Waals surface area contributed by atoms with Crippen LogP contribution in [-0.4, -0.2) is 41.3 Å². The summed E-state index contributed by atoms with van der Waals surface area (Å²) in [4.78, 5) is 32.1. The molecule has 156 valence electrons. The topological polar surface area (TPSA) is 62.3 Å². The van der Waals surface area contributed by atoms with Crippen molar-refractivity contribution in [3.05, 3.63) is 64.1 Å². The number of fused-ring (bicyclic) bond motifs is 1. The van der Waals surface area contributed by atoms with Crippen LogP contribution in [0, 0.1) is 12.8 Å². The molecule has 1 fully saturated rings.